The zero-order valence-corrected chi connectivity index (χ0v) is 9.93. The normalized spacial score (nSPS) is 37.5. The molecule has 3 heterocycles. The van der Waals surface area contributed by atoms with E-state index in [1.807, 2.05) is 0 Å². The van der Waals surface area contributed by atoms with E-state index in [0.29, 0.717) is 6.42 Å². The van der Waals surface area contributed by atoms with Gasteiger partial charge in [0.1, 0.15) is 24.5 Å². The molecule has 5 atom stereocenters. The van der Waals surface area contributed by atoms with Gasteiger partial charge in [-0.25, -0.2) is 4.79 Å². The lowest BCUT2D eigenvalue weighted by molar-refractivity contribution is -0.129. The van der Waals surface area contributed by atoms with Gasteiger partial charge in [-0.3, -0.25) is 14.3 Å². The van der Waals surface area contributed by atoms with Gasteiger partial charge in [0.2, 0.25) is 0 Å². The van der Waals surface area contributed by atoms with Gasteiger partial charge < -0.3 is 19.7 Å². The first-order valence-electron chi connectivity index (χ1n) is 6.01. The highest BCUT2D eigenvalue weighted by Crippen LogP contribution is 2.38. The Morgan fingerprint density at radius 1 is 1.42 bits per heavy atom. The van der Waals surface area contributed by atoms with Crippen molar-refractivity contribution in [3.05, 3.63) is 33.1 Å². The molecule has 0 aromatic carbocycles. The number of aromatic amines is 1. The van der Waals surface area contributed by atoms with E-state index in [-0.39, 0.29) is 18.8 Å². The largest absolute Gasteiger partial charge is 0.394 e. The quantitative estimate of drug-likeness (QED) is 0.532. The number of epoxide rings is 1. The van der Waals surface area contributed by atoms with Gasteiger partial charge in [-0.15, -0.1) is 0 Å². The second-order valence-corrected chi connectivity index (χ2v) is 4.69. The highest BCUT2D eigenvalue weighted by atomic mass is 16.6. The molecular weight excluding hydrogens is 256 g/mol. The summed E-state index contributed by atoms with van der Waals surface area (Å²) in [5.41, 5.74) is -1.09. The molecule has 0 bridgehead atoms. The van der Waals surface area contributed by atoms with Gasteiger partial charge in [-0.05, 0) is 0 Å². The molecule has 0 aliphatic carbocycles. The van der Waals surface area contributed by atoms with Crippen LogP contribution in [0.25, 0.3) is 0 Å². The van der Waals surface area contributed by atoms with Crippen LogP contribution in [0.3, 0.4) is 0 Å². The average Bonchev–Trinajstić information content (AvgIpc) is 3.13. The fourth-order valence-corrected chi connectivity index (χ4v) is 2.38. The summed E-state index contributed by atoms with van der Waals surface area (Å²) in [7, 11) is 0. The summed E-state index contributed by atoms with van der Waals surface area (Å²) in [4.78, 5) is 24.9. The molecule has 1 aromatic heterocycles. The van der Waals surface area contributed by atoms with Crippen molar-refractivity contribution in [3.63, 3.8) is 0 Å². The van der Waals surface area contributed by atoms with Gasteiger partial charge in [-0.1, -0.05) is 0 Å². The van der Waals surface area contributed by atoms with E-state index in [1.54, 1.807) is 0 Å². The summed E-state index contributed by atoms with van der Waals surface area (Å²) < 4.78 is 12.1. The predicted molar refractivity (Wildman–Crippen MR) is 61.6 cm³/mol. The van der Waals surface area contributed by atoms with E-state index in [4.69, 9.17) is 9.47 Å². The summed E-state index contributed by atoms with van der Waals surface area (Å²) in [5, 5.41) is 19.1. The Hall–Kier alpha value is -1.48. The Kier molecular flexibility index (Phi) is 3.02. The van der Waals surface area contributed by atoms with Gasteiger partial charge in [-0.2, -0.15) is 0 Å². The number of fused-ring (bicyclic) bond motifs is 1. The van der Waals surface area contributed by atoms with Crippen LogP contribution in [0.15, 0.2) is 21.9 Å². The number of nitrogens with one attached hydrogen (secondary N) is 1. The number of nitrogens with zero attached hydrogens (tertiary/aromatic N) is 1. The molecule has 8 nitrogen and oxygen atoms in total. The van der Waals surface area contributed by atoms with Gasteiger partial charge in [0, 0.05) is 18.7 Å². The van der Waals surface area contributed by atoms with E-state index in [1.165, 1.54) is 16.8 Å². The van der Waals surface area contributed by atoms with Gasteiger partial charge in [0.25, 0.3) is 5.56 Å². The van der Waals surface area contributed by atoms with Gasteiger partial charge >= 0.3 is 5.69 Å². The lowest BCUT2D eigenvalue weighted by Gasteiger charge is -2.24. The van der Waals surface area contributed by atoms with E-state index in [9.17, 15) is 19.8 Å². The SMILES string of the molecule is O=c1ccn(C2C[C@H]3O[C@H]3[C@H](O)[C@@H](CO)O2)c(=O)[nH]1. The smallest absolute Gasteiger partial charge is 0.330 e. The fraction of sp³-hybridized carbons (Fsp3) is 0.636. The van der Waals surface area contributed by atoms with Crippen molar-refractivity contribution in [2.24, 2.45) is 0 Å². The molecule has 2 fully saturated rings. The third-order valence-electron chi connectivity index (χ3n) is 3.45. The number of hydrogen-bond acceptors (Lipinski definition) is 6. The van der Waals surface area contributed by atoms with Crippen LogP contribution in [0.5, 0.6) is 0 Å². The molecule has 3 N–H and O–H groups in total. The number of hydrogen-bond donors (Lipinski definition) is 3. The van der Waals surface area contributed by atoms with Crippen LogP contribution in [-0.2, 0) is 9.47 Å². The maximum absolute atomic E-state index is 11.7. The molecule has 0 saturated carbocycles. The summed E-state index contributed by atoms with van der Waals surface area (Å²) in [6.45, 7) is -0.373. The molecule has 0 radical (unpaired) electrons. The van der Waals surface area contributed by atoms with E-state index in [0.717, 1.165) is 0 Å². The third kappa shape index (κ3) is 2.23. The number of H-pyrrole nitrogens is 1. The molecule has 104 valence electrons. The average molecular weight is 270 g/mol. The lowest BCUT2D eigenvalue weighted by Crippen LogP contribution is -2.39. The van der Waals surface area contributed by atoms with Crippen molar-refractivity contribution in [3.8, 4) is 0 Å². The molecule has 1 aromatic rings. The Balaban J connectivity index is 1.91. The number of aromatic nitrogens is 2. The first-order valence-corrected chi connectivity index (χ1v) is 6.01. The van der Waals surface area contributed by atoms with E-state index >= 15 is 0 Å². The van der Waals surface area contributed by atoms with Crippen molar-refractivity contribution in [2.75, 3.05) is 6.61 Å². The maximum atomic E-state index is 11.7. The van der Waals surface area contributed by atoms with Crippen LogP contribution >= 0.6 is 0 Å². The number of aliphatic hydroxyl groups excluding tert-OH is 2. The van der Waals surface area contributed by atoms with Crippen LogP contribution in [0.4, 0.5) is 0 Å². The monoisotopic (exact) mass is 270 g/mol. The molecular formula is C11H14N2O6. The lowest BCUT2D eigenvalue weighted by atomic mass is 10.1. The summed E-state index contributed by atoms with van der Waals surface area (Å²) >= 11 is 0. The minimum Gasteiger partial charge on any atom is -0.394 e. The molecule has 2 aliphatic rings. The highest BCUT2D eigenvalue weighted by molar-refractivity contribution is 4.98. The molecule has 8 heteroatoms. The number of aliphatic hydroxyl groups is 2. The minimum atomic E-state index is -0.918. The van der Waals surface area contributed by atoms with E-state index in [2.05, 4.69) is 4.98 Å². The maximum Gasteiger partial charge on any atom is 0.330 e. The summed E-state index contributed by atoms with van der Waals surface area (Å²) in [6, 6.07) is 1.21. The predicted octanol–water partition coefficient (Wildman–Crippen LogP) is -2.06. The minimum absolute atomic E-state index is 0.199. The number of ether oxygens (including phenoxy) is 2. The van der Waals surface area contributed by atoms with Crippen molar-refractivity contribution >= 4 is 0 Å². The fourth-order valence-electron chi connectivity index (χ4n) is 2.38. The van der Waals surface area contributed by atoms with Crippen molar-refractivity contribution in [2.45, 2.75) is 37.1 Å². The van der Waals surface area contributed by atoms with Crippen LogP contribution in [-0.4, -0.2) is 50.8 Å². The Morgan fingerprint density at radius 2 is 2.21 bits per heavy atom. The zero-order chi connectivity index (χ0) is 13.6. The molecule has 2 saturated heterocycles. The zero-order valence-electron chi connectivity index (χ0n) is 9.93. The molecule has 19 heavy (non-hydrogen) atoms. The van der Waals surface area contributed by atoms with Gasteiger partial charge in [0.05, 0.1) is 12.7 Å². The van der Waals surface area contributed by atoms with Crippen molar-refractivity contribution < 1.29 is 19.7 Å². The Labute approximate surface area is 107 Å². The van der Waals surface area contributed by atoms with Crippen LogP contribution in [0.1, 0.15) is 12.6 Å². The van der Waals surface area contributed by atoms with Crippen LogP contribution < -0.4 is 11.2 Å². The molecule has 0 spiro atoms. The van der Waals surface area contributed by atoms with Crippen LogP contribution in [0, 0.1) is 0 Å². The van der Waals surface area contributed by atoms with Crippen LogP contribution in [0.2, 0.25) is 0 Å². The Bertz CT molecular complexity index is 581. The van der Waals surface area contributed by atoms with E-state index < -0.39 is 29.7 Å². The van der Waals surface area contributed by atoms with Crippen molar-refractivity contribution in [1.82, 2.24) is 9.55 Å². The van der Waals surface area contributed by atoms with Gasteiger partial charge in [0.15, 0.2) is 0 Å². The first-order chi connectivity index (χ1) is 9.10. The van der Waals surface area contributed by atoms with Crippen molar-refractivity contribution in [1.29, 1.82) is 0 Å². The highest BCUT2D eigenvalue weighted by Gasteiger charge is 2.52. The first kappa shape index (κ1) is 12.5. The third-order valence-corrected chi connectivity index (χ3v) is 3.45. The second kappa shape index (κ2) is 4.57. The standard InChI is InChI=1S/C11H14N2O6/c14-4-6-9(16)10-5(19-10)3-8(18-6)13-2-1-7(15)12-11(13)17/h1-2,5-6,8-10,14,16H,3-4H2,(H,12,15,17)/t5-,6-,8?,9-,10-/m1/s1. The molecule has 2 aliphatic heterocycles. The summed E-state index contributed by atoms with van der Waals surface area (Å²) in [6.07, 6.45) is -1.27. The topological polar surface area (TPSA) is 117 Å². The number of rotatable bonds is 2. The Morgan fingerprint density at radius 3 is 2.89 bits per heavy atom. The molecule has 1 unspecified atom stereocenters. The second-order valence-electron chi connectivity index (χ2n) is 4.69. The molecule has 0 amide bonds. The summed E-state index contributed by atoms with van der Waals surface area (Å²) in [5.74, 6) is 0. The molecule has 3 rings (SSSR count).